The van der Waals surface area contributed by atoms with Gasteiger partial charge in [0.25, 0.3) is 0 Å². The van der Waals surface area contributed by atoms with Gasteiger partial charge in [0.05, 0.1) is 12.3 Å². The molecule has 0 saturated carbocycles. The van der Waals surface area contributed by atoms with Gasteiger partial charge in [-0.05, 0) is 19.1 Å². The minimum atomic E-state index is -0.121. The van der Waals surface area contributed by atoms with E-state index in [4.69, 9.17) is 4.42 Å². The molecule has 68 valence electrons. The minimum absolute atomic E-state index is 0.0613. The van der Waals surface area contributed by atoms with Crippen molar-refractivity contribution in [3.63, 3.8) is 0 Å². The predicted octanol–water partition coefficient (Wildman–Crippen LogP) is 1.38. The van der Waals surface area contributed by atoms with Crippen molar-refractivity contribution in [3.05, 3.63) is 47.0 Å². The molecule has 1 N–H and O–H groups in total. The van der Waals surface area contributed by atoms with Gasteiger partial charge in [-0.3, -0.25) is 4.57 Å². The maximum atomic E-state index is 11.2. The van der Waals surface area contributed by atoms with Gasteiger partial charge in [0, 0.05) is 12.4 Å². The van der Waals surface area contributed by atoms with Crippen LogP contribution in [0.25, 0.3) is 0 Å². The molecule has 0 fully saturated rings. The fourth-order valence-corrected chi connectivity index (χ4v) is 1.30. The zero-order chi connectivity index (χ0) is 9.26. The molecular weight excluding hydrogens is 168 g/mol. The van der Waals surface area contributed by atoms with E-state index in [9.17, 15) is 4.79 Å². The van der Waals surface area contributed by atoms with Crippen LogP contribution in [0, 0.1) is 0 Å². The highest BCUT2D eigenvalue weighted by molar-refractivity contribution is 5.05. The smallest absolute Gasteiger partial charge is 0.326 e. The average Bonchev–Trinajstić information content (AvgIpc) is 2.72. The Hall–Kier alpha value is -1.71. The summed E-state index contributed by atoms with van der Waals surface area (Å²) < 4.78 is 6.78. The number of rotatable bonds is 2. The van der Waals surface area contributed by atoms with E-state index in [-0.39, 0.29) is 11.7 Å². The summed E-state index contributed by atoms with van der Waals surface area (Å²) in [6, 6.07) is 3.60. The Bertz CT molecular complexity index is 424. The van der Waals surface area contributed by atoms with Crippen LogP contribution in [0.2, 0.25) is 0 Å². The molecule has 0 amide bonds. The van der Waals surface area contributed by atoms with Crippen LogP contribution in [-0.2, 0) is 0 Å². The van der Waals surface area contributed by atoms with Crippen molar-refractivity contribution in [1.82, 2.24) is 9.55 Å². The van der Waals surface area contributed by atoms with E-state index in [0.717, 1.165) is 5.76 Å². The SMILES string of the molecule is CC(c1ccco1)n1cc[nH]c1=O. The topological polar surface area (TPSA) is 50.9 Å². The molecule has 1 atom stereocenters. The van der Waals surface area contributed by atoms with Crippen molar-refractivity contribution in [1.29, 1.82) is 0 Å². The highest BCUT2D eigenvalue weighted by Gasteiger charge is 2.11. The molecule has 0 aliphatic carbocycles. The maximum absolute atomic E-state index is 11.2. The van der Waals surface area contributed by atoms with Gasteiger partial charge in [-0.15, -0.1) is 0 Å². The summed E-state index contributed by atoms with van der Waals surface area (Å²) in [6.45, 7) is 1.91. The lowest BCUT2D eigenvalue weighted by atomic mass is 10.2. The van der Waals surface area contributed by atoms with Gasteiger partial charge in [-0.2, -0.15) is 0 Å². The van der Waals surface area contributed by atoms with Crippen molar-refractivity contribution < 1.29 is 4.42 Å². The molecule has 0 spiro atoms. The average molecular weight is 178 g/mol. The van der Waals surface area contributed by atoms with E-state index in [1.165, 1.54) is 0 Å². The molecule has 0 bridgehead atoms. The molecule has 0 radical (unpaired) electrons. The monoisotopic (exact) mass is 178 g/mol. The molecule has 1 unspecified atom stereocenters. The van der Waals surface area contributed by atoms with E-state index in [1.807, 2.05) is 19.1 Å². The van der Waals surface area contributed by atoms with E-state index in [2.05, 4.69) is 4.98 Å². The number of nitrogens with one attached hydrogen (secondary N) is 1. The van der Waals surface area contributed by atoms with Gasteiger partial charge in [0.2, 0.25) is 0 Å². The first kappa shape index (κ1) is 7.91. The van der Waals surface area contributed by atoms with Crippen LogP contribution in [0.15, 0.2) is 40.0 Å². The van der Waals surface area contributed by atoms with Crippen molar-refractivity contribution in [2.24, 2.45) is 0 Å². The summed E-state index contributed by atoms with van der Waals surface area (Å²) >= 11 is 0. The van der Waals surface area contributed by atoms with Gasteiger partial charge in [-0.1, -0.05) is 0 Å². The summed E-state index contributed by atoms with van der Waals surface area (Å²) in [5, 5.41) is 0. The molecule has 2 heterocycles. The molecule has 4 nitrogen and oxygen atoms in total. The van der Waals surface area contributed by atoms with Crippen molar-refractivity contribution in [3.8, 4) is 0 Å². The van der Waals surface area contributed by atoms with Crippen molar-refractivity contribution >= 4 is 0 Å². The minimum Gasteiger partial charge on any atom is -0.467 e. The zero-order valence-corrected chi connectivity index (χ0v) is 7.23. The molecule has 2 aromatic rings. The number of hydrogen-bond donors (Lipinski definition) is 1. The first-order valence-corrected chi connectivity index (χ1v) is 4.08. The van der Waals surface area contributed by atoms with Gasteiger partial charge < -0.3 is 9.40 Å². The summed E-state index contributed by atoms with van der Waals surface area (Å²) in [5.41, 5.74) is -0.121. The normalized spacial score (nSPS) is 13.0. The Kier molecular flexibility index (Phi) is 1.81. The third-order valence-corrected chi connectivity index (χ3v) is 2.05. The number of furan rings is 1. The van der Waals surface area contributed by atoms with Gasteiger partial charge in [0.1, 0.15) is 5.76 Å². The molecule has 0 saturated heterocycles. The van der Waals surface area contributed by atoms with E-state index in [1.54, 1.807) is 23.2 Å². The molecule has 13 heavy (non-hydrogen) atoms. The van der Waals surface area contributed by atoms with Crippen LogP contribution in [0.1, 0.15) is 18.7 Å². The zero-order valence-electron chi connectivity index (χ0n) is 7.23. The fraction of sp³-hybridized carbons (Fsp3) is 0.222. The second kappa shape index (κ2) is 2.97. The van der Waals surface area contributed by atoms with E-state index < -0.39 is 0 Å². The Labute approximate surface area is 74.8 Å². The first-order valence-electron chi connectivity index (χ1n) is 4.08. The lowest BCUT2D eigenvalue weighted by Crippen LogP contribution is -2.20. The van der Waals surface area contributed by atoms with Gasteiger partial charge in [-0.25, -0.2) is 4.79 Å². The molecule has 2 aromatic heterocycles. The third-order valence-electron chi connectivity index (χ3n) is 2.05. The Morgan fingerprint density at radius 3 is 3.00 bits per heavy atom. The Balaban J connectivity index is 2.39. The summed E-state index contributed by atoms with van der Waals surface area (Å²) in [5.74, 6) is 0.779. The quantitative estimate of drug-likeness (QED) is 0.755. The van der Waals surface area contributed by atoms with E-state index >= 15 is 0 Å². The van der Waals surface area contributed by atoms with Crippen LogP contribution in [-0.4, -0.2) is 9.55 Å². The lowest BCUT2D eigenvalue weighted by molar-refractivity contribution is 0.441. The van der Waals surface area contributed by atoms with Gasteiger partial charge in [0.15, 0.2) is 0 Å². The second-order valence-electron chi connectivity index (χ2n) is 2.86. The van der Waals surface area contributed by atoms with Crippen LogP contribution >= 0.6 is 0 Å². The highest BCUT2D eigenvalue weighted by Crippen LogP contribution is 2.15. The molecular formula is C9H10N2O2. The summed E-state index contributed by atoms with van der Waals surface area (Å²) in [7, 11) is 0. The first-order chi connectivity index (χ1) is 6.29. The van der Waals surface area contributed by atoms with Crippen molar-refractivity contribution in [2.75, 3.05) is 0 Å². The maximum Gasteiger partial charge on any atom is 0.326 e. The fourth-order valence-electron chi connectivity index (χ4n) is 1.30. The highest BCUT2D eigenvalue weighted by atomic mass is 16.3. The lowest BCUT2D eigenvalue weighted by Gasteiger charge is -2.07. The number of H-pyrrole nitrogens is 1. The predicted molar refractivity (Wildman–Crippen MR) is 47.6 cm³/mol. The molecule has 2 rings (SSSR count). The number of aromatic nitrogens is 2. The number of imidazole rings is 1. The summed E-state index contributed by atoms with van der Waals surface area (Å²) in [6.07, 6.45) is 4.92. The molecule has 0 aromatic carbocycles. The van der Waals surface area contributed by atoms with Crippen LogP contribution < -0.4 is 5.69 Å². The molecule has 0 aliphatic heterocycles. The number of aromatic amines is 1. The number of nitrogens with zero attached hydrogens (tertiary/aromatic N) is 1. The number of hydrogen-bond acceptors (Lipinski definition) is 2. The molecule has 0 aliphatic rings. The second-order valence-corrected chi connectivity index (χ2v) is 2.86. The van der Waals surface area contributed by atoms with Crippen LogP contribution in [0.3, 0.4) is 0 Å². The summed E-state index contributed by atoms with van der Waals surface area (Å²) in [4.78, 5) is 13.8. The van der Waals surface area contributed by atoms with Crippen LogP contribution in [0.4, 0.5) is 0 Å². The van der Waals surface area contributed by atoms with E-state index in [0.29, 0.717) is 0 Å². The molecule has 4 heteroatoms. The Morgan fingerprint density at radius 1 is 1.62 bits per heavy atom. The Morgan fingerprint density at radius 2 is 2.46 bits per heavy atom. The standard InChI is InChI=1S/C9H10N2O2/c1-7(8-3-2-6-13-8)11-5-4-10-9(11)12/h2-7H,1H3,(H,10,12). The van der Waals surface area contributed by atoms with Gasteiger partial charge >= 0.3 is 5.69 Å². The van der Waals surface area contributed by atoms with Crippen LogP contribution in [0.5, 0.6) is 0 Å². The van der Waals surface area contributed by atoms with Crippen molar-refractivity contribution in [2.45, 2.75) is 13.0 Å². The largest absolute Gasteiger partial charge is 0.467 e. The third kappa shape index (κ3) is 1.30.